The Kier molecular flexibility index (Phi) is 54.4. The average molecular weight is 255 g/mol. The van der Waals surface area contributed by atoms with Gasteiger partial charge in [-0.2, -0.15) is 0 Å². The minimum atomic E-state index is 0.125. The number of hydrogen-bond acceptors (Lipinski definition) is 2. The first-order chi connectivity index (χ1) is 2.00. The molecule has 0 amide bonds. The van der Waals surface area contributed by atoms with Crippen LogP contribution in [0.15, 0.2) is 0 Å². The summed E-state index contributed by atoms with van der Waals surface area (Å²) in [7, 11) is 0. The summed E-state index contributed by atoms with van der Waals surface area (Å²) in [6.07, 6.45) is 0. The van der Waals surface area contributed by atoms with Gasteiger partial charge in [0.1, 0.15) is 0 Å². The zero-order chi connectivity index (χ0) is 4.00. The molecule has 0 aromatic carbocycles. The van der Waals surface area contributed by atoms with Gasteiger partial charge in [0.15, 0.2) is 0 Å². The van der Waals surface area contributed by atoms with Crippen LogP contribution < -0.4 is 0 Å². The molecule has 4 heteroatoms. The van der Waals surface area contributed by atoms with Crippen LogP contribution in [0.25, 0.3) is 0 Å². The Bertz CT molecular complexity index is 8.00. The number of rotatable bonds is 0. The first-order valence-electron chi connectivity index (χ1n) is 0.433. The SMILES string of the molecule is [O]=[Gd].[O]=[Zn]. The fourth-order valence-electron chi connectivity index (χ4n) is 0. The fraction of sp³-hybridized carbons (Fsp3) is 0. The number of hydrogen-bond donors (Lipinski definition) is 0. The van der Waals surface area contributed by atoms with Gasteiger partial charge in [-0.3, -0.25) is 0 Å². The van der Waals surface area contributed by atoms with Crippen molar-refractivity contribution in [3.8, 4) is 0 Å². The predicted octanol–water partition coefficient (Wildman–Crippen LogP) is -0.240. The summed E-state index contributed by atoms with van der Waals surface area (Å²) in [5, 5.41) is 0. The van der Waals surface area contributed by atoms with E-state index in [1.54, 1.807) is 0 Å². The Hall–Kier alpha value is 1.55. The Morgan fingerprint density at radius 1 is 1.25 bits per heavy atom. The summed E-state index contributed by atoms with van der Waals surface area (Å²) < 4.78 is 16.7. The van der Waals surface area contributed by atoms with Crippen LogP contribution in [0.3, 0.4) is 0 Å². The standard InChI is InChI=1S/Gd.2O.Zn. The van der Waals surface area contributed by atoms with Crippen molar-refractivity contribution in [1.82, 2.24) is 0 Å². The van der Waals surface area contributed by atoms with Gasteiger partial charge in [0.2, 0.25) is 0 Å². The van der Waals surface area contributed by atoms with E-state index in [-0.39, 0.29) is 18.3 Å². The molecule has 4 heavy (non-hydrogen) atoms. The molecule has 0 aliphatic heterocycles. The zero-order valence-corrected chi connectivity index (χ0v) is 7.11. The van der Waals surface area contributed by atoms with Crippen LogP contribution in [0.2, 0.25) is 0 Å². The van der Waals surface area contributed by atoms with Crippen molar-refractivity contribution in [3.05, 3.63) is 0 Å². The molecule has 2 nitrogen and oxygen atoms in total. The molecule has 0 aliphatic rings. The van der Waals surface area contributed by atoms with Gasteiger partial charge in [-0.25, -0.2) is 0 Å². The van der Waals surface area contributed by atoms with E-state index in [1.165, 1.54) is 0 Å². The van der Waals surface area contributed by atoms with Crippen molar-refractivity contribution < 1.29 is 61.0 Å². The molecule has 0 saturated heterocycles. The van der Waals surface area contributed by atoms with E-state index in [1.807, 2.05) is 0 Å². The molecule has 0 spiro atoms. The van der Waals surface area contributed by atoms with Crippen molar-refractivity contribution in [3.63, 3.8) is 0 Å². The molecule has 0 fully saturated rings. The second kappa shape index (κ2) is 23.9. The van der Waals surface area contributed by atoms with Crippen LogP contribution in [0.4, 0.5) is 0 Å². The topological polar surface area (TPSA) is 34.1 Å². The van der Waals surface area contributed by atoms with Crippen LogP contribution in [0, 0.1) is 38.0 Å². The van der Waals surface area contributed by atoms with Gasteiger partial charge >= 0.3 is 61.0 Å². The summed E-state index contributed by atoms with van der Waals surface area (Å²) in [6, 6.07) is 0. The summed E-state index contributed by atoms with van der Waals surface area (Å²) in [6.45, 7) is 0. The molecule has 0 rings (SSSR count). The Morgan fingerprint density at radius 3 is 1.25 bits per heavy atom. The maximum absolute atomic E-state index is 8.38. The third kappa shape index (κ3) is 9.61. The van der Waals surface area contributed by atoms with Crippen LogP contribution in [-0.2, 0) is 23.0 Å². The van der Waals surface area contributed by atoms with Gasteiger partial charge in [0.25, 0.3) is 0 Å². The van der Waals surface area contributed by atoms with Crippen molar-refractivity contribution in [2.24, 2.45) is 0 Å². The van der Waals surface area contributed by atoms with Crippen LogP contribution >= 0.6 is 0 Å². The van der Waals surface area contributed by atoms with Gasteiger partial charge < -0.3 is 0 Å². The molecule has 0 unspecified atom stereocenters. The molecule has 0 aromatic heterocycles. The minimum absolute atomic E-state index is 0.125. The van der Waals surface area contributed by atoms with Crippen LogP contribution in [0.1, 0.15) is 0 Å². The Labute approximate surface area is 60.0 Å². The van der Waals surface area contributed by atoms with Crippen LogP contribution in [-0.4, -0.2) is 0 Å². The molecular formula is GdO2Zn. The summed E-state index contributed by atoms with van der Waals surface area (Å²) in [4.78, 5) is 0. The van der Waals surface area contributed by atoms with Gasteiger partial charge in [-0.05, 0) is 0 Å². The molecule has 0 aliphatic carbocycles. The van der Waals surface area contributed by atoms with Gasteiger partial charge in [-0.1, -0.05) is 0 Å². The second-order valence-corrected chi connectivity index (χ2v) is 0. The first-order valence-corrected chi connectivity index (χ1v) is 2.57. The Balaban J connectivity index is 0. The summed E-state index contributed by atoms with van der Waals surface area (Å²) in [5.74, 6) is 0. The van der Waals surface area contributed by atoms with Crippen LogP contribution in [0.5, 0.6) is 0 Å². The first kappa shape index (κ1) is 9.12. The normalized spacial score (nSPS) is 2.75. The fourth-order valence-corrected chi connectivity index (χ4v) is 0. The van der Waals surface area contributed by atoms with E-state index in [9.17, 15) is 0 Å². The van der Waals surface area contributed by atoms with E-state index in [0.717, 1.165) is 0 Å². The maximum atomic E-state index is 8.38. The predicted molar refractivity (Wildman–Crippen MR) is 1.37 cm³/mol. The quantitative estimate of drug-likeness (QED) is 0.559. The molecule has 0 aromatic rings. The summed E-state index contributed by atoms with van der Waals surface area (Å²) >= 11 is 0.736. The van der Waals surface area contributed by atoms with E-state index in [0.29, 0.717) is 38.0 Å². The van der Waals surface area contributed by atoms with Gasteiger partial charge in [0, 0.05) is 0 Å². The molecule has 22 valence electrons. The third-order valence-electron chi connectivity index (χ3n) is 0. The molecule has 0 atom stereocenters. The van der Waals surface area contributed by atoms with Gasteiger partial charge in [0.05, 0.1) is 0 Å². The van der Waals surface area contributed by atoms with Crippen molar-refractivity contribution in [2.45, 2.75) is 0 Å². The second-order valence-electron chi connectivity index (χ2n) is 0. The molecular weight excluding hydrogens is 255 g/mol. The molecule has 0 bridgehead atoms. The average Bonchev–Trinajstić information content (AvgIpc) is 1.50. The monoisotopic (exact) mass is 254 g/mol. The summed E-state index contributed by atoms with van der Waals surface area (Å²) in [5.41, 5.74) is 0. The van der Waals surface area contributed by atoms with E-state index < -0.39 is 0 Å². The van der Waals surface area contributed by atoms with E-state index in [2.05, 4.69) is 0 Å². The van der Waals surface area contributed by atoms with E-state index >= 15 is 0 Å². The van der Waals surface area contributed by atoms with Gasteiger partial charge in [-0.15, -0.1) is 0 Å². The Morgan fingerprint density at radius 2 is 1.25 bits per heavy atom. The zero-order valence-electron chi connectivity index (χ0n) is 1.88. The molecule has 0 radical (unpaired) electrons. The van der Waals surface area contributed by atoms with Crippen molar-refractivity contribution >= 4 is 0 Å². The molecule has 0 heterocycles. The molecule has 0 saturated carbocycles. The van der Waals surface area contributed by atoms with Crippen molar-refractivity contribution in [1.29, 1.82) is 0 Å². The third-order valence-corrected chi connectivity index (χ3v) is 0. The van der Waals surface area contributed by atoms with E-state index in [4.69, 9.17) is 4.74 Å². The molecule has 0 N–H and O–H groups in total. The van der Waals surface area contributed by atoms with Crippen molar-refractivity contribution in [2.75, 3.05) is 0 Å².